The van der Waals surface area contributed by atoms with Crippen molar-refractivity contribution in [1.82, 2.24) is 29.1 Å². The summed E-state index contributed by atoms with van der Waals surface area (Å²) in [6, 6.07) is 11.6. The maximum absolute atomic E-state index is 15.5. The fraction of sp³-hybridized carbons (Fsp3) is 0.585. The van der Waals surface area contributed by atoms with Crippen LogP contribution in [0.4, 0.5) is 9.18 Å². The van der Waals surface area contributed by atoms with Crippen LogP contribution in [0.3, 0.4) is 0 Å². The van der Waals surface area contributed by atoms with E-state index in [1.54, 1.807) is 15.9 Å². The summed E-state index contributed by atoms with van der Waals surface area (Å²) in [4.78, 5) is 22.2. The Hall–Kier alpha value is -3.57. The third-order valence-corrected chi connectivity index (χ3v) is 13.9. The summed E-state index contributed by atoms with van der Waals surface area (Å²) < 4.78 is 37.9. The number of imidazole rings is 1. The number of aromatic nitrogens is 4. The van der Waals surface area contributed by atoms with Gasteiger partial charge in [0.25, 0.3) is 0 Å². The van der Waals surface area contributed by atoms with E-state index in [2.05, 4.69) is 69.8 Å². The fourth-order valence-electron chi connectivity index (χ4n) is 7.09. The topological polar surface area (TPSA) is 107 Å². The van der Waals surface area contributed by atoms with Gasteiger partial charge in [-0.15, -0.1) is 0 Å². The van der Waals surface area contributed by atoms with Crippen molar-refractivity contribution in [3.63, 3.8) is 0 Å². The predicted molar refractivity (Wildman–Crippen MR) is 221 cm³/mol. The Balaban J connectivity index is 1.38. The van der Waals surface area contributed by atoms with E-state index in [1.807, 2.05) is 16.8 Å². The molecular weight excluding hydrogens is 732 g/mol. The van der Waals surface area contributed by atoms with E-state index in [1.165, 1.54) is 0 Å². The number of ether oxygens (including phenoxy) is 3. The zero-order chi connectivity index (χ0) is 39.5. The molecule has 4 heterocycles. The summed E-state index contributed by atoms with van der Waals surface area (Å²) in [6.45, 7) is 22.2. The fourth-order valence-corrected chi connectivity index (χ4v) is 8.60. The molecule has 11 nitrogen and oxygen atoms in total. The number of unbranched alkanes of at least 4 members (excludes halogenated alkanes) is 1. The maximum Gasteiger partial charge on any atom is 0.320 e. The number of fused-ring (bicyclic) bond motifs is 2. The van der Waals surface area contributed by atoms with Gasteiger partial charge in [0.2, 0.25) is 0 Å². The van der Waals surface area contributed by atoms with Gasteiger partial charge in [-0.25, -0.2) is 18.9 Å². The average Bonchev–Trinajstić information content (AvgIpc) is 3.91. The van der Waals surface area contributed by atoms with Crippen LogP contribution >= 0.6 is 0 Å². The molecule has 0 bridgehead atoms. The van der Waals surface area contributed by atoms with E-state index in [9.17, 15) is 9.90 Å². The second kappa shape index (κ2) is 17.3. The van der Waals surface area contributed by atoms with Crippen molar-refractivity contribution in [3.8, 4) is 28.4 Å². The second-order valence-corrected chi connectivity index (χ2v) is 28.8. The van der Waals surface area contributed by atoms with Crippen LogP contribution < -0.4 is 4.74 Å². The minimum atomic E-state index is -1.33. The molecule has 4 aromatic rings. The molecule has 0 saturated carbocycles. The highest BCUT2D eigenvalue weighted by atomic mass is 28.3. The van der Waals surface area contributed by atoms with Crippen LogP contribution in [0.15, 0.2) is 30.3 Å². The van der Waals surface area contributed by atoms with Crippen molar-refractivity contribution in [2.75, 3.05) is 32.9 Å². The summed E-state index contributed by atoms with van der Waals surface area (Å²) in [6.07, 6.45) is 2.69. The summed E-state index contributed by atoms with van der Waals surface area (Å²) in [7, 11) is -2.64. The molecule has 2 aromatic carbocycles. The van der Waals surface area contributed by atoms with Crippen molar-refractivity contribution < 1.29 is 28.5 Å². The minimum absolute atomic E-state index is 0.0801. The number of aliphatic hydroxyl groups is 1. The summed E-state index contributed by atoms with van der Waals surface area (Å²) in [5.41, 5.74) is 6.06. The number of halogens is 1. The highest BCUT2D eigenvalue weighted by Crippen LogP contribution is 2.37. The predicted octanol–water partition coefficient (Wildman–Crippen LogP) is 8.57. The monoisotopic (exact) mass is 792 g/mol. The molecule has 0 spiro atoms. The van der Waals surface area contributed by atoms with Crippen LogP contribution in [-0.4, -0.2) is 95.4 Å². The smallest absolute Gasteiger partial charge is 0.320 e. The largest absolute Gasteiger partial charge is 0.491 e. The van der Waals surface area contributed by atoms with Gasteiger partial charge in [-0.3, -0.25) is 0 Å². The van der Waals surface area contributed by atoms with Crippen LogP contribution in [0, 0.1) is 5.82 Å². The number of aryl methyl sites for hydroxylation is 1. The number of likely N-dealkylation sites (tertiary alicyclic amines) is 1. The number of amides is 2. The number of benzene rings is 2. The van der Waals surface area contributed by atoms with E-state index in [0.717, 1.165) is 70.3 Å². The van der Waals surface area contributed by atoms with Gasteiger partial charge < -0.3 is 33.7 Å². The molecule has 1 saturated heterocycles. The van der Waals surface area contributed by atoms with E-state index >= 15 is 4.39 Å². The molecule has 55 heavy (non-hydrogen) atoms. The SMILES string of the molecule is CCCCOc1cc(CC)c(-c2ccc3c(-c4nc5c(n4COCC[Si](C)(C)C)CN(C(=O)N4CC[C@H](O)C4)C5)nn(COCC[Si](C)(C)C)c3c2)cc1F. The first kappa shape index (κ1) is 41.1. The van der Waals surface area contributed by atoms with Gasteiger partial charge in [0.15, 0.2) is 17.4 Å². The quantitative estimate of drug-likeness (QED) is 0.0844. The molecular formula is C41H61FN6O5Si2. The van der Waals surface area contributed by atoms with Crippen molar-refractivity contribution in [3.05, 3.63) is 53.1 Å². The van der Waals surface area contributed by atoms with Gasteiger partial charge in [0, 0.05) is 47.8 Å². The van der Waals surface area contributed by atoms with E-state index in [4.69, 9.17) is 24.3 Å². The third-order valence-electron chi connectivity index (χ3n) is 10.5. The number of carbonyl (C=O) groups excluding carboxylic acids is 1. The van der Waals surface area contributed by atoms with E-state index in [0.29, 0.717) is 69.7 Å². The Morgan fingerprint density at radius 2 is 1.67 bits per heavy atom. The number of carbonyl (C=O) groups is 1. The van der Waals surface area contributed by atoms with Crippen LogP contribution in [0.5, 0.6) is 5.75 Å². The number of aliphatic hydroxyl groups excluding tert-OH is 1. The van der Waals surface area contributed by atoms with Gasteiger partial charge >= 0.3 is 6.03 Å². The molecule has 0 unspecified atom stereocenters. The zero-order valence-electron chi connectivity index (χ0n) is 34.2. The number of hydrogen-bond donors (Lipinski definition) is 1. The lowest BCUT2D eigenvalue weighted by Crippen LogP contribution is -2.39. The summed E-state index contributed by atoms with van der Waals surface area (Å²) in [5.74, 6) is 0.615. The van der Waals surface area contributed by atoms with Crippen molar-refractivity contribution >= 4 is 33.1 Å². The number of hydrogen-bond acceptors (Lipinski definition) is 7. The maximum atomic E-state index is 15.5. The van der Waals surface area contributed by atoms with Gasteiger partial charge in [0.05, 0.1) is 42.7 Å². The number of rotatable bonds is 17. The first-order chi connectivity index (χ1) is 26.2. The summed E-state index contributed by atoms with van der Waals surface area (Å²) in [5, 5.41) is 16.2. The number of urea groups is 1. The highest BCUT2D eigenvalue weighted by molar-refractivity contribution is 6.76. The van der Waals surface area contributed by atoms with Crippen LogP contribution in [-0.2, 0) is 42.4 Å². The molecule has 2 aliphatic heterocycles. The first-order valence-electron chi connectivity index (χ1n) is 20.1. The second-order valence-electron chi connectivity index (χ2n) is 17.6. The Bertz CT molecular complexity index is 1970. The minimum Gasteiger partial charge on any atom is -0.491 e. The van der Waals surface area contributed by atoms with Crippen LogP contribution in [0.1, 0.15) is 50.1 Å². The molecule has 2 aromatic heterocycles. The Morgan fingerprint density at radius 1 is 0.945 bits per heavy atom. The van der Waals surface area contributed by atoms with Crippen LogP contribution in [0.25, 0.3) is 33.5 Å². The molecule has 2 aliphatic rings. The zero-order valence-corrected chi connectivity index (χ0v) is 36.2. The lowest BCUT2D eigenvalue weighted by atomic mass is 9.96. The van der Waals surface area contributed by atoms with Gasteiger partial charge in [-0.1, -0.05) is 65.6 Å². The molecule has 6 rings (SSSR count). The molecule has 1 atom stereocenters. The van der Waals surface area contributed by atoms with Crippen molar-refractivity contribution in [1.29, 1.82) is 0 Å². The van der Waals surface area contributed by atoms with E-state index in [-0.39, 0.29) is 25.3 Å². The lowest BCUT2D eigenvalue weighted by Gasteiger charge is -2.24. The average molecular weight is 793 g/mol. The normalized spacial score (nSPS) is 16.1. The number of nitrogens with zero attached hydrogens (tertiary/aromatic N) is 6. The van der Waals surface area contributed by atoms with Crippen molar-refractivity contribution in [2.24, 2.45) is 0 Å². The Kier molecular flexibility index (Phi) is 12.9. The molecule has 0 radical (unpaired) electrons. The molecule has 300 valence electrons. The third kappa shape index (κ3) is 9.88. The van der Waals surface area contributed by atoms with Crippen LogP contribution in [0.2, 0.25) is 51.4 Å². The molecule has 1 fully saturated rings. The Labute approximate surface area is 327 Å². The lowest BCUT2D eigenvalue weighted by molar-refractivity contribution is 0.0814. The molecule has 1 N–H and O–H groups in total. The van der Waals surface area contributed by atoms with Gasteiger partial charge in [0.1, 0.15) is 19.2 Å². The number of β-amino-alcohol motifs (C(OH)–C–C–N with tert-alkyl or cyclic N) is 1. The first-order valence-corrected chi connectivity index (χ1v) is 27.5. The summed E-state index contributed by atoms with van der Waals surface area (Å²) >= 11 is 0. The van der Waals surface area contributed by atoms with Gasteiger partial charge in [-0.2, -0.15) is 5.10 Å². The highest BCUT2D eigenvalue weighted by Gasteiger charge is 2.36. The van der Waals surface area contributed by atoms with Gasteiger partial charge in [-0.05, 0) is 72.3 Å². The molecule has 0 aliphatic carbocycles. The molecule has 2 amide bonds. The Morgan fingerprint density at radius 3 is 2.33 bits per heavy atom. The van der Waals surface area contributed by atoms with Crippen molar-refractivity contribution in [2.45, 2.75) is 124 Å². The molecule has 14 heteroatoms. The van der Waals surface area contributed by atoms with E-state index < -0.39 is 22.3 Å². The standard InChI is InChI=1S/C41H61FN6O5Si2/c1-9-11-16-53-38-22-29(10-2)33(23-34(38)42)30-12-13-32-36(21-30)48(28-52-18-20-55(6,7)8)44-39(32)40-43-35-25-46(41(50)45-15-14-31(49)24-45)26-37(35)47(40)27-51-17-19-54(3,4)5/h12-13,21-23,31,49H,9-11,14-20,24-28H2,1-8H3/t31-/m0/s1.